The number of hydrogen-bond acceptors (Lipinski definition) is 5. The average molecular weight is 420 g/mol. The van der Waals surface area contributed by atoms with Crippen LogP contribution in [-0.2, 0) is 4.74 Å². The van der Waals surface area contributed by atoms with Crippen molar-refractivity contribution in [3.63, 3.8) is 0 Å². The van der Waals surface area contributed by atoms with Gasteiger partial charge in [-0.25, -0.2) is 4.98 Å². The number of nitrogens with zero attached hydrogens (tertiary/aromatic N) is 1. The van der Waals surface area contributed by atoms with Gasteiger partial charge in [0.2, 0.25) is 0 Å². The van der Waals surface area contributed by atoms with Crippen molar-refractivity contribution in [3.8, 4) is 0 Å². The fourth-order valence-electron chi connectivity index (χ4n) is 4.31. The summed E-state index contributed by atoms with van der Waals surface area (Å²) in [6.07, 6.45) is 4.03. The molecule has 4 rings (SSSR count). The van der Waals surface area contributed by atoms with Crippen LogP contribution >= 0.6 is 0 Å². The first-order chi connectivity index (χ1) is 15.0. The quantitative estimate of drug-likeness (QED) is 0.354. The number of rotatable bonds is 6. The molecule has 5 N–H and O–H groups in total. The first kappa shape index (κ1) is 21.1. The molecule has 0 spiro atoms. The van der Waals surface area contributed by atoms with Gasteiger partial charge in [0, 0.05) is 30.0 Å². The van der Waals surface area contributed by atoms with E-state index in [-0.39, 0.29) is 29.8 Å². The molecule has 1 saturated carbocycles. The molecule has 162 valence electrons. The molecule has 1 fully saturated rings. The number of anilines is 1. The van der Waals surface area contributed by atoms with E-state index in [0.29, 0.717) is 28.0 Å². The van der Waals surface area contributed by atoms with E-state index in [1.807, 2.05) is 43.3 Å². The Morgan fingerprint density at radius 1 is 1.23 bits per heavy atom. The summed E-state index contributed by atoms with van der Waals surface area (Å²) >= 11 is 0. The van der Waals surface area contributed by atoms with Gasteiger partial charge in [-0.2, -0.15) is 0 Å². The van der Waals surface area contributed by atoms with E-state index in [2.05, 4.69) is 15.3 Å². The number of fused-ring (bicyclic) bond motifs is 1. The van der Waals surface area contributed by atoms with Crippen molar-refractivity contribution in [2.45, 2.75) is 44.8 Å². The van der Waals surface area contributed by atoms with Gasteiger partial charge in [-0.3, -0.25) is 4.79 Å². The number of carbonyl (C=O) groups excluding carboxylic acids is 1. The number of benzene rings is 2. The molecule has 0 saturated heterocycles. The number of aromatic amines is 1. The van der Waals surface area contributed by atoms with Crippen LogP contribution in [0, 0.1) is 11.3 Å². The number of H-pyrrole nitrogens is 1. The van der Waals surface area contributed by atoms with Gasteiger partial charge in [0.25, 0.3) is 5.91 Å². The second-order valence-electron chi connectivity index (χ2n) is 8.27. The Labute approximate surface area is 181 Å². The largest absolute Gasteiger partial charge is 0.398 e. The molecule has 1 atom stereocenters. The number of nitrogens with two attached hydrogens (primary N) is 1. The SMILES string of the molecule is COC1CCC(C(=N)c2cc3nc(C(=O)NC(C)c4ccccc4)[nH]c3cc2N)CC1. The lowest BCUT2D eigenvalue weighted by Crippen LogP contribution is -2.27. The van der Waals surface area contributed by atoms with Crippen LogP contribution in [-0.4, -0.2) is 34.8 Å². The maximum atomic E-state index is 12.7. The molecule has 0 aliphatic heterocycles. The van der Waals surface area contributed by atoms with Gasteiger partial charge in [0.05, 0.1) is 23.2 Å². The van der Waals surface area contributed by atoms with Crippen molar-refractivity contribution < 1.29 is 9.53 Å². The Hall–Kier alpha value is -3.19. The highest BCUT2D eigenvalue weighted by Gasteiger charge is 2.26. The Morgan fingerprint density at radius 2 is 1.94 bits per heavy atom. The predicted octanol–water partition coefficient (Wildman–Crippen LogP) is 4.21. The van der Waals surface area contributed by atoms with Gasteiger partial charge in [-0.1, -0.05) is 30.3 Å². The van der Waals surface area contributed by atoms with E-state index in [9.17, 15) is 4.79 Å². The first-order valence-corrected chi connectivity index (χ1v) is 10.7. The van der Waals surface area contributed by atoms with Gasteiger partial charge < -0.3 is 26.2 Å². The Bertz CT molecular complexity index is 1080. The van der Waals surface area contributed by atoms with Crippen molar-refractivity contribution in [1.82, 2.24) is 15.3 Å². The molecule has 1 aromatic heterocycles. The molecule has 7 nitrogen and oxygen atoms in total. The predicted molar refractivity (Wildman–Crippen MR) is 122 cm³/mol. The lowest BCUT2D eigenvalue weighted by atomic mass is 9.81. The van der Waals surface area contributed by atoms with Gasteiger partial charge in [-0.05, 0) is 50.3 Å². The third-order valence-corrected chi connectivity index (χ3v) is 6.22. The topological polar surface area (TPSA) is 117 Å². The number of nitrogens with one attached hydrogen (secondary N) is 3. The second-order valence-corrected chi connectivity index (χ2v) is 8.27. The summed E-state index contributed by atoms with van der Waals surface area (Å²) in [4.78, 5) is 20.3. The normalized spacial score (nSPS) is 19.8. The van der Waals surface area contributed by atoms with Crippen LogP contribution in [0.5, 0.6) is 0 Å². The van der Waals surface area contributed by atoms with E-state index in [0.717, 1.165) is 31.2 Å². The number of imidazole rings is 1. The molecule has 1 unspecified atom stereocenters. The molecule has 0 radical (unpaired) electrons. The van der Waals surface area contributed by atoms with Crippen LogP contribution in [0.1, 0.15) is 60.4 Å². The number of nitrogen functional groups attached to an aromatic ring is 1. The fraction of sp³-hybridized carbons (Fsp3) is 0.375. The number of carbonyl (C=O) groups is 1. The molecule has 1 aliphatic carbocycles. The van der Waals surface area contributed by atoms with E-state index in [4.69, 9.17) is 15.9 Å². The van der Waals surface area contributed by atoms with E-state index in [1.165, 1.54) is 0 Å². The summed E-state index contributed by atoms with van der Waals surface area (Å²) in [7, 11) is 1.74. The maximum Gasteiger partial charge on any atom is 0.287 e. The maximum absolute atomic E-state index is 12.7. The molecule has 0 bridgehead atoms. The first-order valence-electron chi connectivity index (χ1n) is 10.7. The van der Waals surface area contributed by atoms with Crippen LogP contribution in [0.3, 0.4) is 0 Å². The van der Waals surface area contributed by atoms with Crippen molar-refractivity contribution in [2.24, 2.45) is 5.92 Å². The van der Waals surface area contributed by atoms with Crippen molar-refractivity contribution in [2.75, 3.05) is 12.8 Å². The van der Waals surface area contributed by atoms with Crippen molar-refractivity contribution in [3.05, 3.63) is 59.4 Å². The smallest absolute Gasteiger partial charge is 0.287 e. The standard InChI is InChI=1S/C24H29N5O2/c1-14(15-6-4-3-5-7-15)27-24(30)23-28-20-12-18(19(25)13-21(20)29-23)22(26)16-8-10-17(31-2)11-9-16/h3-7,12-14,16-17,26H,8-11,25H2,1-2H3,(H,27,30)(H,28,29). The monoisotopic (exact) mass is 419 g/mol. The molecule has 7 heteroatoms. The minimum atomic E-state index is -0.277. The van der Waals surface area contributed by atoms with E-state index in [1.54, 1.807) is 13.2 Å². The molecule has 3 aromatic rings. The molecule has 2 aromatic carbocycles. The highest BCUT2D eigenvalue weighted by Crippen LogP contribution is 2.31. The van der Waals surface area contributed by atoms with Crippen LogP contribution in [0.15, 0.2) is 42.5 Å². The Balaban J connectivity index is 1.52. The third-order valence-electron chi connectivity index (χ3n) is 6.22. The number of hydrogen-bond donors (Lipinski definition) is 4. The zero-order valence-corrected chi connectivity index (χ0v) is 17.9. The van der Waals surface area contributed by atoms with Crippen molar-refractivity contribution >= 4 is 28.3 Å². The van der Waals surface area contributed by atoms with Crippen LogP contribution in [0.25, 0.3) is 11.0 Å². The van der Waals surface area contributed by atoms with Crippen LogP contribution < -0.4 is 11.1 Å². The van der Waals surface area contributed by atoms with Gasteiger partial charge in [0.15, 0.2) is 5.82 Å². The second kappa shape index (κ2) is 8.89. The summed E-state index contributed by atoms with van der Waals surface area (Å²) in [5.74, 6) is 0.127. The zero-order chi connectivity index (χ0) is 22.0. The zero-order valence-electron chi connectivity index (χ0n) is 17.9. The number of amides is 1. The Kier molecular flexibility index (Phi) is 6.04. The van der Waals surface area contributed by atoms with Gasteiger partial charge in [0.1, 0.15) is 0 Å². The summed E-state index contributed by atoms with van der Waals surface area (Å²) in [5, 5.41) is 11.7. The molecule has 1 aliphatic rings. The summed E-state index contributed by atoms with van der Waals surface area (Å²) < 4.78 is 5.44. The summed E-state index contributed by atoms with van der Waals surface area (Å²) in [6.45, 7) is 1.94. The highest BCUT2D eigenvalue weighted by atomic mass is 16.5. The molecule has 1 amide bonds. The third kappa shape index (κ3) is 4.46. The summed E-state index contributed by atoms with van der Waals surface area (Å²) in [6, 6.07) is 13.2. The van der Waals surface area contributed by atoms with Gasteiger partial charge in [-0.15, -0.1) is 0 Å². The molecule has 1 heterocycles. The fourth-order valence-corrected chi connectivity index (χ4v) is 4.31. The summed E-state index contributed by atoms with van der Waals surface area (Å²) in [5.41, 5.74) is 10.4. The lowest BCUT2D eigenvalue weighted by Gasteiger charge is -2.28. The number of methoxy groups -OCH3 is 1. The van der Waals surface area contributed by atoms with Gasteiger partial charge >= 0.3 is 0 Å². The van der Waals surface area contributed by atoms with E-state index < -0.39 is 0 Å². The minimum absolute atomic E-state index is 0.141. The molecular weight excluding hydrogens is 390 g/mol. The van der Waals surface area contributed by atoms with Crippen LogP contribution in [0.2, 0.25) is 0 Å². The average Bonchev–Trinajstić information content (AvgIpc) is 3.21. The Morgan fingerprint density at radius 3 is 2.61 bits per heavy atom. The minimum Gasteiger partial charge on any atom is -0.398 e. The van der Waals surface area contributed by atoms with Crippen molar-refractivity contribution in [1.29, 1.82) is 5.41 Å². The lowest BCUT2D eigenvalue weighted by molar-refractivity contribution is 0.0647. The highest BCUT2D eigenvalue weighted by molar-refractivity contribution is 6.07. The molecule has 31 heavy (non-hydrogen) atoms. The molecular formula is C24H29N5O2. The van der Waals surface area contributed by atoms with Crippen LogP contribution in [0.4, 0.5) is 5.69 Å². The van der Waals surface area contributed by atoms with E-state index >= 15 is 0 Å². The number of aromatic nitrogens is 2. The number of ether oxygens (including phenoxy) is 1.